The number of nitrogens with one attached hydrogen (secondary N) is 1. The Hall–Kier alpha value is -1.47. The van der Waals surface area contributed by atoms with E-state index in [-0.39, 0.29) is 0 Å². The normalized spacial score (nSPS) is 12.2. The molecule has 1 atom stereocenters. The van der Waals surface area contributed by atoms with Crippen molar-refractivity contribution in [3.05, 3.63) is 64.2 Å². The summed E-state index contributed by atoms with van der Waals surface area (Å²) in [6.07, 6.45) is 1.18. The fourth-order valence-corrected chi connectivity index (χ4v) is 2.45. The zero-order chi connectivity index (χ0) is 14.5. The second kappa shape index (κ2) is 6.81. The molecule has 0 saturated heterocycles. The van der Waals surface area contributed by atoms with Gasteiger partial charge in [0, 0.05) is 17.3 Å². The van der Waals surface area contributed by atoms with Gasteiger partial charge >= 0.3 is 0 Å². The van der Waals surface area contributed by atoms with E-state index in [1.54, 1.807) is 0 Å². The van der Waals surface area contributed by atoms with E-state index < -0.39 is 0 Å². The van der Waals surface area contributed by atoms with Gasteiger partial charge < -0.3 is 5.32 Å². The zero-order valence-electron chi connectivity index (χ0n) is 12.4. The molecule has 0 bridgehead atoms. The number of benzene rings is 2. The summed E-state index contributed by atoms with van der Waals surface area (Å²) in [6.45, 7) is 7.40. The van der Waals surface area contributed by atoms with E-state index in [0.29, 0.717) is 5.92 Å². The summed E-state index contributed by atoms with van der Waals surface area (Å²) in [5, 5.41) is 4.26. The van der Waals surface area contributed by atoms with Gasteiger partial charge in [-0.25, -0.2) is 0 Å². The molecule has 0 aliphatic rings. The van der Waals surface area contributed by atoms with Crippen LogP contribution in [0.2, 0.25) is 5.02 Å². The van der Waals surface area contributed by atoms with Gasteiger partial charge in [0.25, 0.3) is 0 Å². The van der Waals surface area contributed by atoms with E-state index in [1.807, 2.05) is 12.1 Å². The number of rotatable bonds is 5. The van der Waals surface area contributed by atoms with Crippen LogP contribution in [0.4, 0.5) is 5.69 Å². The topological polar surface area (TPSA) is 12.0 Å². The molecule has 0 heterocycles. The third-order valence-corrected chi connectivity index (χ3v) is 4.11. The van der Waals surface area contributed by atoms with Crippen LogP contribution in [0.15, 0.2) is 42.5 Å². The molecule has 0 radical (unpaired) electrons. The Bertz CT molecular complexity index is 560. The van der Waals surface area contributed by atoms with Gasteiger partial charge in [-0.05, 0) is 60.2 Å². The first-order valence-electron chi connectivity index (χ1n) is 7.19. The SMILES string of the molecule is CCC(C)c1ccc(NCc2ccc(Cl)cc2C)cc1. The standard InChI is InChI=1S/C18H22ClN/c1-4-13(2)15-6-9-18(10-7-15)20-12-16-5-8-17(19)11-14(16)3/h5-11,13,20H,4,12H2,1-3H3. The predicted octanol–water partition coefficient (Wildman–Crippen LogP) is 5.77. The molecule has 2 aromatic carbocycles. The molecule has 2 aromatic rings. The van der Waals surface area contributed by atoms with E-state index in [0.717, 1.165) is 17.3 Å². The van der Waals surface area contributed by atoms with Crippen LogP contribution in [0.25, 0.3) is 0 Å². The van der Waals surface area contributed by atoms with Gasteiger partial charge in [-0.15, -0.1) is 0 Å². The highest BCUT2D eigenvalue weighted by Crippen LogP contribution is 2.21. The first-order valence-corrected chi connectivity index (χ1v) is 7.56. The van der Waals surface area contributed by atoms with Gasteiger partial charge in [0.1, 0.15) is 0 Å². The first-order chi connectivity index (χ1) is 9.60. The lowest BCUT2D eigenvalue weighted by Gasteiger charge is -2.12. The zero-order valence-corrected chi connectivity index (χ0v) is 13.2. The molecule has 0 saturated carbocycles. The van der Waals surface area contributed by atoms with E-state index >= 15 is 0 Å². The van der Waals surface area contributed by atoms with Gasteiger partial charge in [0.2, 0.25) is 0 Å². The molecule has 2 rings (SSSR count). The fraction of sp³-hybridized carbons (Fsp3) is 0.333. The van der Waals surface area contributed by atoms with Crippen molar-refractivity contribution in [1.29, 1.82) is 0 Å². The molecule has 0 fully saturated rings. The van der Waals surface area contributed by atoms with E-state index in [4.69, 9.17) is 11.6 Å². The molecule has 0 amide bonds. The first kappa shape index (κ1) is 14.9. The monoisotopic (exact) mass is 287 g/mol. The van der Waals surface area contributed by atoms with Crippen LogP contribution in [-0.2, 0) is 6.54 Å². The van der Waals surface area contributed by atoms with Crippen molar-refractivity contribution in [1.82, 2.24) is 0 Å². The summed E-state index contributed by atoms with van der Waals surface area (Å²) in [4.78, 5) is 0. The van der Waals surface area contributed by atoms with Crippen molar-refractivity contribution in [2.24, 2.45) is 0 Å². The second-order valence-corrected chi connectivity index (χ2v) is 5.79. The third-order valence-electron chi connectivity index (χ3n) is 3.88. The van der Waals surface area contributed by atoms with Crippen molar-refractivity contribution < 1.29 is 0 Å². The number of anilines is 1. The smallest absolute Gasteiger partial charge is 0.0408 e. The average Bonchev–Trinajstić information content (AvgIpc) is 2.46. The third kappa shape index (κ3) is 3.77. The van der Waals surface area contributed by atoms with Gasteiger partial charge in [-0.3, -0.25) is 0 Å². The van der Waals surface area contributed by atoms with Gasteiger partial charge in [0.05, 0.1) is 0 Å². The van der Waals surface area contributed by atoms with Gasteiger partial charge in [-0.1, -0.05) is 43.6 Å². The maximum atomic E-state index is 5.97. The maximum Gasteiger partial charge on any atom is 0.0408 e. The predicted molar refractivity (Wildman–Crippen MR) is 88.7 cm³/mol. The molecule has 0 aliphatic heterocycles. The molecule has 0 aromatic heterocycles. The maximum absolute atomic E-state index is 5.97. The minimum atomic E-state index is 0.627. The Kier molecular flexibility index (Phi) is 5.08. The van der Waals surface area contributed by atoms with Crippen LogP contribution in [0.3, 0.4) is 0 Å². The van der Waals surface area contributed by atoms with Crippen molar-refractivity contribution in [2.75, 3.05) is 5.32 Å². The van der Waals surface area contributed by atoms with Crippen LogP contribution in [0, 0.1) is 6.92 Å². The Balaban J connectivity index is 2.00. The molecule has 106 valence electrons. The van der Waals surface area contributed by atoms with Crippen LogP contribution in [0.5, 0.6) is 0 Å². The van der Waals surface area contributed by atoms with Crippen LogP contribution in [-0.4, -0.2) is 0 Å². The molecule has 0 spiro atoms. The molecule has 1 N–H and O–H groups in total. The molecule has 0 aliphatic carbocycles. The number of hydrogen-bond donors (Lipinski definition) is 1. The summed E-state index contributed by atoms with van der Waals surface area (Å²) in [6, 6.07) is 14.8. The van der Waals surface area contributed by atoms with Crippen molar-refractivity contribution in [3.8, 4) is 0 Å². The van der Waals surface area contributed by atoms with E-state index in [1.165, 1.54) is 23.1 Å². The van der Waals surface area contributed by atoms with Crippen molar-refractivity contribution in [2.45, 2.75) is 39.7 Å². The van der Waals surface area contributed by atoms with Crippen molar-refractivity contribution >= 4 is 17.3 Å². The lowest BCUT2D eigenvalue weighted by atomic mass is 9.98. The Morgan fingerprint density at radius 3 is 2.40 bits per heavy atom. The summed E-state index contributed by atoms with van der Waals surface area (Å²) >= 11 is 5.97. The lowest BCUT2D eigenvalue weighted by Crippen LogP contribution is -2.01. The molecule has 1 nitrogen and oxygen atoms in total. The fourth-order valence-electron chi connectivity index (χ4n) is 2.22. The quantitative estimate of drug-likeness (QED) is 0.735. The highest BCUT2D eigenvalue weighted by atomic mass is 35.5. The number of aryl methyl sites for hydroxylation is 1. The summed E-state index contributed by atoms with van der Waals surface area (Å²) in [5.41, 5.74) is 5.06. The van der Waals surface area contributed by atoms with Gasteiger partial charge in [0.15, 0.2) is 0 Å². The summed E-state index contributed by atoms with van der Waals surface area (Å²) in [7, 11) is 0. The van der Waals surface area contributed by atoms with Crippen LogP contribution < -0.4 is 5.32 Å². The van der Waals surface area contributed by atoms with Crippen molar-refractivity contribution in [3.63, 3.8) is 0 Å². The largest absolute Gasteiger partial charge is 0.381 e. The van der Waals surface area contributed by atoms with Crippen LogP contribution in [0.1, 0.15) is 42.9 Å². The molecular weight excluding hydrogens is 266 g/mol. The summed E-state index contributed by atoms with van der Waals surface area (Å²) < 4.78 is 0. The van der Waals surface area contributed by atoms with E-state index in [2.05, 4.69) is 56.4 Å². The van der Waals surface area contributed by atoms with Gasteiger partial charge in [-0.2, -0.15) is 0 Å². The Morgan fingerprint density at radius 2 is 1.80 bits per heavy atom. The average molecular weight is 288 g/mol. The molecule has 1 unspecified atom stereocenters. The molecule has 20 heavy (non-hydrogen) atoms. The van der Waals surface area contributed by atoms with E-state index in [9.17, 15) is 0 Å². The molecular formula is C18H22ClN. The highest BCUT2D eigenvalue weighted by molar-refractivity contribution is 6.30. The Morgan fingerprint density at radius 1 is 1.10 bits per heavy atom. The Labute approximate surface area is 127 Å². The number of halogens is 1. The molecule has 2 heteroatoms. The van der Waals surface area contributed by atoms with Crippen LogP contribution >= 0.6 is 11.6 Å². The highest BCUT2D eigenvalue weighted by Gasteiger charge is 2.03. The summed E-state index contributed by atoms with van der Waals surface area (Å²) in [5.74, 6) is 0.627. The minimum Gasteiger partial charge on any atom is -0.381 e. The minimum absolute atomic E-state index is 0.627. The second-order valence-electron chi connectivity index (χ2n) is 5.36. The lowest BCUT2D eigenvalue weighted by molar-refractivity contribution is 0.734. The number of hydrogen-bond acceptors (Lipinski definition) is 1.